The number of hydrazine groups is 1. The van der Waals surface area contributed by atoms with Crippen molar-refractivity contribution in [3.05, 3.63) is 65.7 Å². The first-order chi connectivity index (χ1) is 11.6. The van der Waals surface area contributed by atoms with E-state index in [1.807, 2.05) is 0 Å². The van der Waals surface area contributed by atoms with Gasteiger partial charge in [-0.15, -0.1) is 0 Å². The van der Waals surface area contributed by atoms with Gasteiger partial charge in [-0.2, -0.15) is 0 Å². The van der Waals surface area contributed by atoms with Crippen molar-refractivity contribution in [1.29, 1.82) is 0 Å². The van der Waals surface area contributed by atoms with Crippen LogP contribution in [-0.4, -0.2) is 26.0 Å². The Morgan fingerprint density at radius 2 is 1.62 bits per heavy atom. The van der Waals surface area contributed by atoms with Crippen LogP contribution >= 0.6 is 0 Å². The largest absolute Gasteiger partial charge is 0.493 e. The molecule has 0 fully saturated rings. The molecule has 24 heavy (non-hydrogen) atoms. The van der Waals surface area contributed by atoms with Gasteiger partial charge in [-0.3, -0.25) is 20.4 Å². The molecule has 6 heteroatoms. The van der Waals surface area contributed by atoms with Crippen LogP contribution < -0.4 is 20.3 Å². The van der Waals surface area contributed by atoms with Gasteiger partial charge in [0.1, 0.15) is 0 Å². The summed E-state index contributed by atoms with van der Waals surface area (Å²) in [5, 5.41) is 0. The summed E-state index contributed by atoms with van der Waals surface area (Å²) in [6.45, 7) is 0. The fourth-order valence-corrected chi connectivity index (χ4v) is 1.95. The third-order valence-corrected chi connectivity index (χ3v) is 3.17. The minimum atomic E-state index is -0.450. The molecule has 0 spiro atoms. The molecular formula is C18H18N2O4. The lowest BCUT2D eigenvalue weighted by molar-refractivity contribution is -0.117. The van der Waals surface area contributed by atoms with Gasteiger partial charge in [0.15, 0.2) is 11.5 Å². The molecule has 0 bridgehead atoms. The number of carbonyl (C=O) groups excluding carboxylic acids is 2. The highest BCUT2D eigenvalue weighted by Gasteiger charge is 2.05. The predicted molar refractivity (Wildman–Crippen MR) is 90.6 cm³/mol. The highest BCUT2D eigenvalue weighted by atomic mass is 16.5. The zero-order valence-electron chi connectivity index (χ0n) is 13.4. The molecule has 0 aliphatic heterocycles. The second-order valence-electron chi connectivity index (χ2n) is 4.76. The topological polar surface area (TPSA) is 76.7 Å². The van der Waals surface area contributed by atoms with Gasteiger partial charge in [0.05, 0.1) is 14.2 Å². The molecule has 6 nitrogen and oxygen atoms in total. The van der Waals surface area contributed by atoms with Gasteiger partial charge in [-0.25, -0.2) is 0 Å². The summed E-state index contributed by atoms with van der Waals surface area (Å²) in [4.78, 5) is 23.6. The van der Waals surface area contributed by atoms with E-state index in [0.29, 0.717) is 17.1 Å². The van der Waals surface area contributed by atoms with Crippen LogP contribution in [0.4, 0.5) is 0 Å². The Bertz CT molecular complexity index is 742. The van der Waals surface area contributed by atoms with Gasteiger partial charge in [-0.05, 0) is 35.9 Å². The summed E-state index contributed by atoms with van der Waals surface area (Å²) < 4.78 is 10.3. The molecule has 2 aromatic rings. The Morgan fingerprint density at radius 1 is 0.917 bits per heavy atom. The lowest BCUT2D eigenvalue weighted by atomic mass is 10.2. The van der Waals surface area contributed by atoms with Crippen molar-refractivity contribution in [2.45, 2.75) is 0 Å². The maximum Gasteiger partial charge on any atom is 0.269 e. The van der Waals surface area contributed by atoms with E-state index in [2.05, 4.69) is 10.9 Å². The number of methoxy groups -OCH3 is 2. The number of hydrogen-bond acceptors (Lipinski definition) is 4. The summed E-state index contributed by atoms with van der Waals surface area (Å²) in [5.74, 6) is 0.337. The van der Waals surface area contributed by atoms with E-state index in [0.717, 1.165) is 5.56 Å². The van der Waals surface area contributed by atoms with E-state index >= 15 is 0 Å². The van der Waals surface area contributed by atoms with E-state index in [1.54, 1.807) is 61.7 Å². The van der Waals surface area contributed by atoms with Crippen molar-refractivity contribution < 1.29 is 19.1 Å². The number of nitrogens with one attached hydrogen (secondary N) is 2. The quantitative estimate of drug-likeness (QED) is 0.652. The van der Waals surface area contributed by atoms with Crippen molar-refractivity contribution in [3.63, 3.8) is 0 Å². The smallest absolute Gasteiger partial charge is 0.269 e. The van der Waals surface area contributed by atoms with E-state index < -0.39 is 5.91 Å². The number of benzene rings is 2. The standard InChI is InChI=1S/C18H18N2O4/c1-23-15-10-8-13(12-16(15)24-2)9-11-17(21)19-20-18(22)14-6-4-3-5-7-14/h3-12H,1-2H3,(H,19,21)(H,20,22). The number of ether oxygens (including phenoxy) is 2. The summed E-state index contributed by atoms with van der Waals surface area (Å²) in [6.07, 6.45) is 2.92. The van der Waals surface area contributed by atoms with Crippen LogP contribution in [0.15, 0.2) is 54.6 Å². The van der Waals surface area contributed by atoms with Crippen LogP contribution in [0.25, 0.3) is 6.08 Å². The summed E-state index contributed by atoms with van der Waals surface area (Å²) in [6, 6.07) is 13.9. The average Bonchev–Trinajstić information content (AvgIpc) is 2.64. The van der Waals surface area contributed by atoms with Crippen LogP contribution in [0.5, 0.6) is 11.5 Å². The zero-order valence-corrected chi connectivity index (χ0v) is 13.4. The van der Waals surface area contributed by atoms with Crippen molar-refractivity contribution >= 4 is 17.9 Å². The van der Waals surface area contributed by atoms with Crippen LogP contribution in [0, 0.1) is 0 Å². The summed E-state index contributed by atoms with van der Waals surface area (Å²) in [7, 11) is 3.09. The second-order valence-corrected chi connectivity index (χ2v) is 4.76. The first kappa shape index (κ1) is 17.1. The van der Waals surface area contributed by atoms with Crippen LogP contribution in [-0.2, 0) is 4.79 Å². The molecule has 0 aromatic heterocycles. The van der Waals surface area contributed by atoms with Gasteiger partial charge < -0.3 is 9.47 Å². The molecule has 2 amide bonds. The fourth-order valence-electron chi connectivity index (χ4n) is 1.95. The van der Waals surface area contributed by atoms with Gasteiger partial charge in [0.25, 0.3) is 11.8 Å². The first-order valence-electron chi connectivity index (χ1n) is 7.19. The van der Waals surface area contributed by atoms with Gasteiger partial charge in [-0.1, -0.05) is 24.3 Å². The highest BCUT2D eigenvalue weighted by molar-refractivity contribution is 5.97. The Balaban J connectivity index is 1.92. The zero-order chi connectivity index (χ0) is 17.4. The maximum absolute atomic E-state index is 11.8. The van der Waals surface area contributed by atoms with Crippen LogP contribution in [0.3, 0.4) is 0 Å². The molecular weight excluding hydrogens is 308 g/mol. The molecule has 0 unspecified atom stereocenters. The molecule has 124 valence electrons. The molecule has 0 atom stereocenters. The van der Waals surface area contributed by atoms with Crippen LogP contribution in [0.2, 0.25) is 0 Å². The van der Waals surface area contributed by atoms with Crippen LogP contribution in [0.1, 0.15) is 15.9 Å². The van der Waals surface area contributed by atoms with Gasteiger partial charge >= 0.3 is 0 Å². The van der Waals surface area contributed by atoms with Crippen molar-refractivity contribution in [2.24, 2.45) is 0 Å². The third-order valence-electron chi connectivity index (χ3n) is 3.17. The maximum atomic E-state index is 11.8. The van der Waals surface area contributed by atoms with E-state index in [9.17, 15) is 9.59 Å². The number of carbonyl (C=O) groups is 2. The second kappa shape index (κ2) is 8.38. The number of amides is 2. The average molecular weight is 326 g/mol. The molecule has 2 N–H and O–H groups in total. The Hall–Kier alpha value is -3.28. The predicted octanol–water partition coefficient (Wildman–Crippen LogP) is 2.18. The minimum Gasteiger partial charge on any atom is -0.493 e. The van der Waals surface area contributed by atoms with E-state index in [4.69, 9.17) is 9.47 Å². The molecule has 0 saturated carbocycles. The minimum absolute atomic E-state index is 0.386. The Kier molecular flexibility index (Phi) is 5.96. The van der Waals surface area contributed by atoms with Crippen molar-refractivity contribution in [1.82, 2.24) is 10.9 Å². The van der Waals surface area contributed by atoms with Crippen molar-refractivity contribution in [3.8, 4) is 11.5 Å². The van der Waals surface area contributed by atoms with E-state index in [-0.39, 0.29) is 5.91 Å². The first-order valence-corrected chi connectivity index (χ1v) is 7.19. The van der Waals surface area contributed by atoms with E-state index in [1.165, 1.54) is 13.2 Å². The SMILES string of the molecule is COc1ccc(C=CC(=O)NNC(=O)c2ccccc2)cc1OC. The lowest BCUT2D eigenvalue weighted by Gasteiger charge is -2.07. The molecule has 2 aromatic carbocycles. The Labute approximate surface area is 140 Å². The summed E-state index contributed by atoms with van der Waals surface area (Å²) in [5.41, 5.74) is 5.88. The lowest BCUT2D eigenvalue weighted by Crippen LogP contribution is -2.40. The monoisotopic (exact) mass is 326 g/mol. The molecule has 0 saturated heterocycles. The Morgan fingerprint density at radius 3 is 2.29 bits per heavy atom. The number of rotatable bonds is 5. The highest BCUT2D eigenvalue weighted by Crippen LogP contribution is 2.27. The van der Waals surface area contributed by atoms with Gasteiger partial charge in [0.2, 0.25) is 0 Å². The van der Waals surface area contributed by atoms with Crippen molar-refractivity contribution in [2.75, 3.05) is 14.2 Å². The summed E-state index contributed by atoms with van der Waals surface area (Å²) >= 11 is 0. The normalized spacial score (nSPS) is 10.2. The molecule has 0 radical (unpaired) electrons. The molecule has 2 rings (SSSR count). The molecule has 0 aliphatic carbocycles. The fraction of sp³-hybridized carbons (Fsp3) is 0.111. The number of hydrogen-bond donors (Lipinski definition) is 2. The van der Waals surface area contributed by atoms with Gasteiger partial charge in [0, 0.05) is 11.6 Å². The third kappa shape index (κ3) is 4.61. The molecule has 0 aliphatic rings. The molecule has 0 heterocycles.